The molecule has 2 saturated heterocycles. The lowest BCUT2D eigenvalue weighted by Crippen LogP contribution is -2.52. The number of amides is 1. The first-order valence-corrected chi connectivity index (χ1v) is 8.89. The van der Waals surface area contributed by atoms with Gasteiger partial charge in [-0.3, -0.25) is 4.99 Å². The molecular weight excluding hydrogens is 292 g/mol. The number of ether oxygens (including phenoxy) is 1. The number of likely N-dealkylation sites (tertiary alicyclic amines) is 1. The van der Waals surface area contributed by atoms with Gasteiger partial charge in [0.2, 0.25) is 0 Å². The van der Waals surface area contributed by atoms with Crippen molar-refractivity contribution in [1.82, 2.24) is 15.1 Å². The van der Waals surface area contributed by atoms with E-state index in [-0.39, 0.29) is 6.09 Å². The van der Waals surface area contributed by atoms with Gasteiger partial charge >= 0.3 is 6.09 Å². The van der Waals surface area contributed by atoms with Crippen LogP contribution in [-0.4, -0.2) is 65.7 Å². The SMILES string of the molecule is CC1CN2C(=NCCC2C2CCCN(C(=O)OC(C)(C)C)C2)N1. The van der Waals surface area contributed by atoms with E-state index in [9.17, 15) is 4.79 Å². The van der Waals surface area contributed by atoms with E-state index < -0.39 is 5.60 Å². The summed E-state index contributed by atoms with van der Waals surface area (Å²) >= 11 is 0. The maximum absolute atomic E-state index is 12.4. The number of carbonyl (C=O) groups excluding carboxylic acids is 1. The molecule has 23 heavy (non-hydrogen) atoms. The molecule has 0 bridgehead atoms. The van der Waals surface area contributed by atoms with Gasteiger partial charge in [0.25, 0.3) is 0 Å². The number of carbonyl (C=O) groups is 1. The van der Waals surface area contributed by atoms with Crippen LogP contribution in [0, 0.1) is 5.92 Å². The third-order valence-electron chi connectivity index (χ3n) is 4.86. The fraction of sp³-hybridized carbons (Fsp3) is 0.882. The number of hydrogen-bond acceptors (Lipinski definition) is 5. The van der Waals surface area contributed by atoms with E-state index in [1.165, 1.54) is 6.42 Å². The summed E-state index contributed by atoms with van der Waals surface area (Å²) in [5.74, 6) is 1.57. The fourth-order valence-electron chi connectivity index (χ4n) is 3.92. The average Bonchev–Trinajstić information content (AvgIpc) is 2.85. The molecule has 3 aliphatic heterocycles. The Labute approximate surface area is 139 Å². The standard InChI is InChI=1S/C17H30N4O2/c1-12-10-21-14(7-8-18-15(21)19-12)13-6-5-9-20(11-13)16(22)23-17(2,3)4/h12-14H,5-11H2,1-4H3,(H,18,19). The van der Waals surface area contributed by atoms with Crippen LogP contribution in [0.4, 0.5) is 4.79 Å². The Morgan fingerprint density at radius 1 is 1.30 bits per heavy atom. The van der Waals surface area contributed by atoms with Crippen molar-refractivity contribution >= 4 is 12.1 Å². The maximum Gasteiger partial charge on any atom is 0.410 e. The molecule has 3 heterocycles. The molecule has 3 unspecified atom stereocenters. The van der Waals surface area contributed by atoms with Gasteiger partial charge in [-0.25, -0.2) is 4.79 Å². The van der Waals surface area contributed by atoms with Gasteiger partial charge in [-0.1, -0.05) is 0 Å². The van der Waals surface area contributed by atoms with Crippen molar-refractivity contribution in [3.8, 4) is 0 Å². The van der Waals surface area contributed by atoms with Crippen LogP contribution in [0.2, 0.25) is 0 Å². The van der Waals surface area contributed by atoms with E-state index in [4.69, 9.17) is 4.74 Å². The first-order chi connectivity index (χ1) is 10.8. The number of hydrogen-bond donors (Lipinski definition) is 1. The lowest BCUT2D eigenvalue weighted by Gasteiger charge is -2.42. The summed E-state index contributed by atoms with van der Waals surface area (Å²) in [6, 6.07) is 0.949. The van der Waals surface area contributed by atoms with Gasteiger partial charge in [-0.15, -0.1) is 0 Å². The van der Waals surface area contributed by atoms with Crippen LogP contribution in [0.25, 0.3) is 0 Å². The van der Waals surface area contributed by atoms with Crippen molar-refractivity contribution in [1.29, 1.82) is 0 Å². The molecule has 0 aromatic rings. The predicted molar refractivity (Wildman–Crippen MR) is 90.5 cm³/mol. The van der Waals surface area contributed by atoms with Crippen molar-refractivity contribution in [3.05, 3.63) is 0 Å². The van der Waals surface area contributed by atoms with Gasteiger partial charge in [0, 0.05) is 38.3 Å². The number of rotatable bonds is 1. The van der Waals surface area contributed by atoms with E-state index >= 15 is 0 Å². The third-order valence-corrected chi connectivity index (χ3v) is 4.86. The summed E-state index contributed by atoms with van der Waals surface area (Å²) in [6.07, 6.45) is 3.16. The summed E-state index contributed by atoms with van der Waals surface area (Å²) in [4.78, 5) is 21.3. The van der Waals surface area contributed by atoms with E-state index in [0.717, 1.165) is 45.0 Å². The topological polar surface area (TPSA) is 57.2 Å². The summed E-state index contributed by atoms with van der Waals surface area (Å²) in [5.41, 5.74) is -0.428. The van der Waals surface area contributed by atoms with Crippen molar-refractivity contribution in [3.63, 3.8) is 0 Å². The fourth-order valence-corrected chi connectivity index (χ4v) is 3.92. The van der Waals surface area contributed by atoms with E-state index in [2.05, 4.69) is 22.1 Å². The number of nitrogens with zero attached hydrogens (tertiary/aromatic N) is 3. The van der Waals surface area contributed by atoms with Crippen molar-refractivity contribution in [2.75, 3.05) is 26.2 Å². The third kappa shape index (κ3) is 3.72. The first-order valence-electron chi connectivity index (χ1n) is 8.89. The van der Waals surface area contributed by atoms with Crippen LogP contribution < -0.4 is 5.32 Å². The highest BCUT2D eigenvalue weighted by Crippen LogP contribution is 2.29. The minimum atomic E-state index is -0.428. The molecule has 1 amide bonds. The van der Waals surface area contributed by atoms with Crippen molar-refractivity contribution in [2.45, 2.75) is 64.6 Å². The molecule has 0 aromatic heterocycles. The van der Waals surface area contributed by atoms with Crippen LogP contribution in [-0.2, 0) is 4.74 Å². The Balaban J connectivity index is 1.64. The predicted octanol–water partition coefficient (Wildman–Crippen LogP) is 2.06. The summed E-state index contributed by atoms with van der Waals surface area (Å²) in [7, 11) is 0. The molecular formula is C17H30N4O2. The Hall–Kier alpha value is -1.46. The number of fused-ring (bicyclic) bond motifs is 1. The minimum absolute atomic E-state index is 0.167. The molecule has 6 heteroatoms. The van der Waals surface area contributed by atoms with Gasteiger partial charge in [-0.2, -0.15) is 0 Å². The molecule has 3 aliphatic rings. The summed E-state index contributed by atoms with van der Waals surface area (Å²) < 4.78 is 5.55. The summed E-state index contributed by atoms with van der Waals surface area (Å²) in [5, 5.41) is 3.46. The highest BCUT2D eigenvalue weighted by atomic mass is 16.6. The second-order valence-corrected chi connectivity index (χ2v) is 8.09. The molecule has 2 fully saturated rings. The quantitative estimate of drug-likeness (QED) is 0.803. The first kappa shape index (κ1) is 16.4. The zero-order chi connectivity index (χ0) is 16.6. The monoisotopic (exact) mass is 322 g/mol. The van der Waals surface area contributed by atoms with Crippen LogP contribution in [0.1, 0.15) is 47.0 Å². The summed E-state index contributed by atoms with van der Waals surface area (Å²) in [6.45, 7) is 11.5. The number of aliphatic imine (C=N–C) groups is 1. The van der Waals surface area contributed by atoms with E-state index in [1.54, 1.807) is 0 Å². The lowest BCUT2D eigenvalue weighted by atomic mass is 9.87. The Morgan fingerprint density at radius 3 is 2.83 bits per heavy atom. The molecule has 6 nitrogen and oxygen atoms in total. The number of piperidine rings is 1. The number of guanidine groups is 1. The van der Waals surface area contributed by atoms with E-state index in [1.807, 2.05) is 25.7 Å². The van der Waals surface area contributed by atoms with Gasteiger partial charge < -0.3 is 19.9 Å². The molecule has 3 rings (SSSR count). The van der Waals surface area contributed by atoms with Crippen LogP contribution in [0.15, 0.2) is 4.99 Å². The molecule has 0 aromatic carbocycles. The molecule has 1 N–H and O–H groups in total. The second kappa shape index (κ2) is 6.21. The van der Waals surface area contributed by atoms with E-state index in [0.29, 0.717) is 18.0 Å². The average molecular weight is 322 g/mol. The normalized spacial score (nSPS) is 31.3. The van der Waals surface area contributed by atoms with Crippen LogP contribution in [0.5, 0.6) is 0 Å². The number of nitrogens with one attached hydrogen (secondary N) is 1. The van der Waals surface area contributed by atoms with Gasteiger partial charge in [0.1, 0.15) is 5.60 Å². The molecule has 0 saturated carbocycles. The molecule has 3 atom stereocenters. The van der Waals surface area contributed by atoms with Crippen LogP contribution >= 0.6 is 0 Å². The maximum atomic E-state index is 12.4. The van der Waals surface area contributed by atoms with Gasteiger partial charge in [0.05, 0.1) is 0 Å². The van der Waals surface area contributed by atoms with Crippen LogP contribution in [0.3, 0.4) is 0 Å². The van der Waals surface area contributed by atoms with Gasteiger partial charge in [0.15, 0.2) is 5.96 Å². The Morgan fingerprint density at radius 2 is 2.09 bits per heavy atom. The Bertz CT molecular complexity index is 485. The lowest BCUT2D eigenvalue weighted by molar-refractivity contribution is 0.0114. The van der Waals surface area contributed by atoms with Gasteiger partial charge in [-0.05, 0) is 52.9 Å². The molecule has 0 radical (unpaired) electrons. The molecule has 0 spiro atoms. The zero-order valence-electron chi connectivity index (χ0n) is 14.8. The second-order valence-electron chi connectivity index (χ2n) is 8.09. The highest BCUT2D eigenvalue weighted by molar-refractivity contribution is 5.83. The smallest absolute Gasteiger partial charge is 0.410 e. The largest absolute Gasteiger partial charge is 0.444 e. The van der Waals surface area contributed by atoms with Crippen molar-refractivity contribution in [2.24, 2.45) is 10.9 Å². The highest BCUT2D eigenvalue weighted by Gasteiger charge is 2.39. The Kier molecular flexibility index (Phi) is 4.43. The zero-order valence-corrected chi connectivity index (χ0v) is 14.8. The molecule has 0 aliphatic carbocycles. The minimum Gasteiger partial charge on any atom is -0.444 e. The molecule has 130 valence electrons. The van der Waals surface area contributed by atoms with Crippen molar-refractivity contribution < 1.29 is 9.53 Å².